The molecule has 4 rings (SSSR count). The van der Waals surface area contributed by atoms with Crippen LogP contribution in [-0.2, 0) is 17.1 Å². The number of fused-ring (bicyclic) bond motifs is 1. The summed E-state index contributed by atoms with van der Waals surface area (Å²) in [5.74, 6) is 1.49. The molecule has 32 heavy (non-hydrogen) atoms. The largest absolute Gasteiger partial charge is 0.419 e. The van der Waals surface area contributed by atoms with Gasteiger partial charge in [0.05, 0.1) is 10.4 Å². The molecule has 166 valence electrons. The van der Waals surface area contributed by atoms with Crippen LogP contribution in [0, 0.1) is 6.92 Å². The van der Waals surface area contributed by atoms with Crippen LogP contribution in [0.1, 0.15) is 5.82 Å². The zero-order valence-electron chi connectivity index (χ0n) is 17.9. The van der Waals surface area contributed by atoms with Gasteiger partial charge in [0, 0.05) is 38.6 Å². The quantitative estimate of drug-likeness (QED) is 0.456. The zero-order chi connectivity index (χ0) is 23.0. The van der Waals surface area contributed by atoms with Gasteiger partial charge in [-0.3, -0.25) is 9.29 Å². The molecule has 4 aromatic rings. The van der Waals surface area contributed by atoms with E-state index in [1.54, 1.807) is 24.3 Å². The molecule has 0 fully saturated rings. The summed E-state index contributed by atoms with van der Waals surface area (Å²) in [4.78, 5) is 22.3. The third-order valence-electron chi connectivity index (χ3n) is 4.77. The number of aromatic nitrogens is 3. The summed E-state index contributed by atoms with van der Waals surface area (Å²) >= 11 is 0. The molecule has 2 aromatic carbocycles. The molecule has 0 aliphatic carbocycles. The maximum absolute atomic E-state index is 12.8. The van der Waals surface area contributed by atoms with E-state index in [2.05, 4.69) is 20.0 Å². The van der Waals surface area contributed by atoms with Crippen LogP contribution in [0.15, 0.2) is 62.6 Å². The molecule has 0 bridgehead atoms. The molecule has 0 aliphatic heterocycles. The zero-order valence-corrected chi connectivity index (χ0v) is 18.8. The van der Waals surface area contributed by atoms with Crippen molar-refractivity contribution in [1.29, 1.82) is 0 Å². The van der Waals surface area contributed by atoms with Gasteiger partial charge in [-0.05, 0) is 49.4 Å². The Balaban J connectivity index is 1.53. The second kappa shape index (κ2) is 8.00. The Morgan fingerprint density at radius 2 is 1.69 bits per heavy atom. The minimum atomic E-state index is -3.86. The lowest BCUT2D eigenvalue weighted by Crippen LogP contribution is -2.13. The molecule has 0 amide bonds. The molecule has 0 aliphatic rings. The molecule has 2 N–H and O–H groups in total. The Hall–Kier alpha value is -3.86. The van der Waals surface area contributed by atoms with Crippen LogP contribution in [0.4, 0.5) is 23.0 Å². The maximum atomic E-state index is 12.8. The monoisotopic (exact) mass is 454 g/mol. The van der Waals surface area contributed by atoms with Gasteiger partial charge in [-0.2, -0.15) is 0 Å². The minimum absolute atomic E-state index is 0.0243. The predicted molar refractivity (Wildman–Crippen MR) is 123 cm³/mol. The van der Waals surface area contributed by atoms with E-state index in [9.17, 15) is 13.2 Å². The van der Waals surface area contributed by atoms with Crippen molar-refractivity contribution in [2.45, 2.75) is 11.8 Å². The lowest BCUT2D eigenvalue weighted by molar-refractivity contribution is 0.528. The summed E-state index contributed by atoms with van der Waals surface area (Å²) in [6.45, 7) is 1.81. The highest BCUT2D eigenvalue weighted by atomic mass is 32.2. The van der Waals surface area contributed by atoms with E-state index in [1.807, 2.05) is 32.0 Å². The van der Waals surface area contributed by atoms with E-state index in [0.717, 1.165) is 11.5 Å². The summed E-state index contributed by atoms with van der Waals surface area (Å²) in [6.07, 6.45) is 0. The second-order valence-corrected chi connectivity index (χ2v) is 9.10. The van der Waals surface area contributed by atoms with Gasteiger partial charge in [0.25, 0.3) is 10.0 Å². The highest BCUT2D eigenvalue weighted by molar-refractivity contribution is 7.92. The van der Waals surface area contributed by atoms with Crippen molar-refractivity contribution in [1.82, 2.24) is 14.5 Å². The number of oxazole rings is 1. The molecule has 2 aromatic heterocycles. The van der Waals surface area contributed by atoms with Gasteiger partial charge in [-0.25, -0.2) is 23.2 Å². The fourth-order valence-electron chi connectivity index (χ4n) is 3.10. The molecule has 0 atom stereocenters. The van der Waals surface area contributed by atoms with Gasteiger partial charge < -0.3 is 14.6 Å². The molecular formula is C21H22N6O4S. The summed E-state index contributed by atoms with van der Waals surface area (Å²) in [5, 5.41) is 3.19. The third-order valence-corrected chi connectivity index (χ3v) is 6.14. The SMILES string of the molecule is Cc1nc(Nc2ccc(NS(=O)(=O)c3ccc4oc(=O)n(C)c4c3)cc2)cc(N(C)C)n1. The number of nitrogens with one attached hydrogen (secondary N) is 2. The van der Waals surface area contributed by atoms with E-state index < -0.39 is 15.8 Å². The van der Waals surface area contributed by atoms with Gasteiger partial charge in [0.15, 0.2) is 5.58 Å². The predicted octanol–water partition coefficient (Wildman–Crippen LogP) is 2.84. The summed E-state index contributed by atoms with van der Waals surface area (Å²) in [7, 11) is 1.46. The van der Waals surface area contributed by atoms with Crippen molar-refractivity contribution >= 4 is 44.1 Å². The Bertz CT molecular complexity index is 1460. The van der Waals surface area contributed by atoms with Crippen LogP contribution in [0.5, 0.6) is 0 Å². The van der Waals surface area contributed by atoms with Crippen molar-refractivity contribution in [2.75, 3.05) is 29.0 Å². The first-order valence-electron chi connectivity index (χ1n) is 9.65. The van der Waals surface area contributed by atoms with Gasteiger partial charge in [-0.1, -0.05) is 0 Å². The second-order valence-electron chi connectivity index (χ2n) is 7.42. The first-order valence-corrected chi connectivity index (χ1v) is 11.1. The van der Waals surface area contributed by atoms with Gasteiger partial charge >= 0.3 is 5.76 Å². The van der Waals surface area contributed by atoms with Crippen molar-refractivity contribution in [2.24, 2.45) is 7.05 Å². The van der Waals surface area contributed by atoms with E-state index >= 15 is 0 Å². The van der Waals surface area contributed by atoms with Gasteiger partial charge in [0.2, 0.25) is 0 Å². The molecule has 0 saturated carbocycles. The van der Waals surface area contributed by atoms with Gasteiger partial charge in [0.1, 0.15) is 17.5 Å². The van der Waals surface area contributed by atoms with E-state index in [-0.39, 0.29) is 4.90 Å². The normalized spacial score (nSPS) is 11.5. The Kier molecular flexibility index (Phi) is 5.35. The molecular weight excluding hydrogens is 432 g/mol. The Morgan fingerprint density at radius 3 is 2.38 bits per heavy atom. The van der Waals surface area contributed by atoms with Crippen LogP contribution in [0.2, 0.25) is 0 Å². The highest BCUT2D eigenvalue weighted by Crippen LogP contribution is 2.23. The number of anilines is 4. The minimum Gasteiger partial charge on any atom is -0.408 e. The molecule has 0 radical (unpaired) electrons. The lowest BCUT2D eigenvalue weighted by Gasteiger charge is -2.14. The highest BCUT2D eigenvalue weighted by Gasteiger charge is 2.17. The molecule has 11 heteroatoms. The Labute approximate surface area is 184 Å². The fraction of sp³-hybridized carbons (Fsp3) is 0.190. The molecule has 2 heterocycles. The fourth-order valence-corrected chi connectivity index (χ4v) is 4.18. The smallest absolute Gasteiger partial charge is 0.408 e. The first kappa shape index (κ1) is 21.4. The maximum Gasteiger partial charge on any atom is 0.419 e. The van der Waals surface area contributed by atoms with Crippen molar-refractivity contribution in [3.63, 3.8) is 0 Å². The average molecular weight is 455 g/mol. The molecule has 0 saturated heterocycles. The summed E-state index contributed by atoms with van der Waals surface area (Å²) in [6, 6.07) is 12.9. The summed E-state index contributed by atoms with van der Waals surface area (Å²) < 4.78 is 34.5. The number of nitrogens with zero attached hydrogens (tertiary/aromatic N) is 4. The number of hydrogen-bond acceptors (Lipinski definition) is 8. The summed E-state index contributed by atoms with van der Waals surface area (Å²) in [5.41, 5.74) is 1.86. The standard InChI is InChI=1S/C21H22N6O4S/c1-13-22-19(12-20(23-13)26(2)3)24-14-5-7-15(8-6-14)25-32(29,30)16-9-10-18-17(11-16)27(4)21(28)31-18/h5-12,25H,1-4H3,(H,22,23,24). The number of benzene rings is 2. The lowest BCUT2D eigenvalue weighted by atomic mass is 10.3. The van der Waals surface area contributed by atoms with E-state index in [4.69, 9.17) is 4.42 Å². The van der Waals surface area contributed by atoms with Crippen LogP contribution in [0.3, 0.4) is 0 Å². The molecule has 0 unspecified atom stereocenters. The number of sulfonamides is 1. The average Bonchev–Trinajstić information content (AvgIpc) is 3.02. The number of aryl methyl sites for hydroxylation is 2. The molecule has 0 spiro atoms. The van der Waals surface area contributed by atoms with Crippen LogP contribution < -0.4 is 20.7 Å². The number of hydrogen-bond donors (Lipinski definition) is 2. The van der Waals surface area contributed by atoms with Crippen LogP contribution in [0.25, 0.3) is 11.1 Å². The molecule has 10 nitrogen and oxygen atoms in total. The Morgan fingerprint density at radius 1 is 1.00 bits per heavy atom. The topological polar surface area (TPSA) is 122 Å². The van der Waals surface area contributed by atoms with Crippen molar-refractivity contribution < 1.29 is 12.8 Å². The van der Waals surface area contributed by atoms with Crippen molar-refractivity contribution in [3.8, 4) is 0 Å². The first-order chi connectivity index (χ1) is 15.1. The van der Waals surface area contributed by atoms with E-state index in [1.165, 1.54) is 29.8 Å². The van der Waals surface area contributed by atoms with E-state index in [0.29, 0.717) is 28.4 Å². The van der Waals surface area contributed by atoms with Crippen LogP contribution >= 0.6 is 0 Å². The third kappa shape index (κ3) is 4.28. The number of rotatable bonds is 6. The van der Waals surface area contributed by atoms with Crippen LogP contribution in [-0.4, -0.2) is 37.0 Å². The van der Waals surface area contributed by atoms with Crippen molar-refractivity contribution in [3.05, 3.63) is 64.9 Å². The van der Waals surface area contributed by atoms with Gasteiger partial charge in [-0.15, -0.1) is 0 Å².